The molecule has 1 amide bonds. The van der Waals surface area contributed by atoms with Crippen LogP contribution in [0, 0.1) is 0 Å². The molecule has 0 aliphatic carbocycles. The summed E-state index contributed by atoms with van der Waals surface area (Å²) < 4.78 is 1.11. The molecular weight excluding hydrogens is 270 g/mol. The van der Waals surface area contributed by atoms with Crippen LogP contribution >= 0.6 is 22.9 Å². The predicted octanol–water partition coefficient (Wildman–Crippen LogP) is 2.64. The minimum Gasteiger partial charge on any atom is -0.357 e. The third-order valence-electron chi connectivity index (χ3n) is 2.94. The summed E-state index contributed by atoms with van der Waals surface area (Å²) in [5, 5.41) is 7.79. The van der Waals surface area contributed by atoms with Crippen molar-refractivity contribution < 1.29 is 4.79 Å². The van der Waals surface area contributed by atoms with Gasteiger partial charge in [-0.05, 0) is 24.6 Å². The number of hydrogen-bond donors (Lipinski definition) is 2. The first kappa shape index (κ1) is 11.7. The maximum Gasteiger partial charge on any atom is 0.220 e. The molecule has 2 heterocycles. The van der Waals surface area contributed by atoms with E-state index in [1.165, 1.54) is 0 Å². The van der Waals surface area contributed by atoms with Gasteiger partial charge in [0.25, 0.3) is 0 Å². The van der Waals surface area contributed by atoms with Crippen molar-refractivity contribution in [3.63, 3.8) is 0 Å². The standard InChI is InChI=1S/C12H12ClN3OS/c13-7-1-3-10-9(5-7)16-12(18-10)15-8-2-4-11(17)14-6-8/h1,3,5,8H,2,4,6H2,(H,14,17)(H,15,16). The van der Waals surface area contributed by atoms with Gasteiger partial charge in [0.05, 0.1) is 10.2 Å². The summed E-state index contributed by atoms with van der Waals surface area (Å²) in [6.45, 7) is 0.662. The molecule has 18 heavy (non-hydrogen) atoms. The highest BCUT2D eigenvalue weighted by Crippen LogP contribution is 2.28. The molecule has 1 fully saturated rings. The second-order valence-corrected chi connectivity index (χ2v) is 5.78. The lowest BCUT2D eigenvalue weighted by molar-refractivity contribution is -0.122. The summed E-state index contributed by atoms with van der Waals surface area (Å²) in [6.07, 6.45) is 1.43. The lowest BCUT2D eigenvalue weighted by Gasteiger charge is -2.22. The van der Waals surface area contributed by atoms with Crippen LogP contribution in [0.3, 0.4) is 0 Å². The van der Waals surface area contributed by atoms with Crippen LogP contribution in [0.2, 0.25) is 5.02 Å². The van der Waals surface area contributed by atoms with E-state index in [9.17, 15) is 4.79 Å². The largest absolute Gasteiger partial charge is 0.357 e. The molecule has 1 aliphatic rings. The van der Waals surface area contributed by atoms with Gasteiger partial charge in [0.15, 0.2) is 5.13 Å². The molecule has 3 rings (SSSR count). The number of anilines is 1. The maximum absolute atomic E-state index is 11.1. The van der Waals surface area contributed by atoms with E-state index in [4.69, 9.17) is 11.6 Å². The SMILES string of the molecule is O=C1CCC(Nc2nc3cc(Cl)ccc3s2)CN1. The number of halogens is 1. The van der Waals surface area contributed by atoms with Crippen molar-refractivity contribution in [3.05, 3.63) is 23.2 Å². The van der Waals surface area contributed by atoms with Gasteiger partial charge in [0, 0.05) is 24.0 Å². The van der Waals surface area contributed by atoms with E-state index in [1.807, 2.05) is 18.2 Å². The fourth-order valence-corrected chi connectivity index (χ4v) is 3.08. The zero-order valence-electron chi connectivity index (χ0n) is 9.57. The Morgan fingerprint density at radius 3 is 3.17 bits per heavy atom. The van der Waals surface area contributed by atoms with Gasteiger partial charge >= 0.3 is 0 Å². The number of benzene rings is 1. The minimum atomic E-state index is 0.129. The lowest BCUT2D eigenvalue weighted by Crippen LogP contribution is -2.41. The first-order chi connectivity index (χ1) is 8.70. The predicted molar refractivity (Wildman–Crippen MR) is 74.3 cm³/mol. The smallest absolute Gasteiger partial charge is 0.220 e. The molecule has 1 aromatic carbocycles. The Balaban J connectivity index is 1.76. The Labute approximate surface area is 113 Å². The average Bonchev–Trinajstić information content (AvgIpc) is 2.73. The van der Waals surface area contributed by atoms with Gasteiger partial charge in [-0.25, -0.2) is 4.98 Å². The number of hydrogen-bond acceptors (Lipinski definition) is 4. The highest BCUT2D eigenvalue weighted by Gasteiger charge is 2.18. The van der Waals surface area contributed by atoms with E-state index in [0.717, 1.165) is 21.8 Å². The number of aromatic nitrogens is 1. The first-order valence-corrected chi connectivity index (χ1v) is 6.99. The Morgan fingerprint density at radius 2 is 2.39 bits per heavy atom. The fraction of sp³-hybridized carbons (Fsp3) is 0.333. The number of carbonyl (C=O) groups excluding carboxylic acids is 1. The number of rotatable bonds is 2. The molecule has 6 heteroatoms. The molecule has 0 radical (unpaired) electrons. The van der Waals surface area contributed by atoms with Gasteiger partial charge in [-0.1, -0.05) is 22.9 Å². The zero-order chi connectivity index (χ0) is 12.5. The molecule has 1 saturated heterocycles. The van der Waals surface area contributed by atoms with Gasteiger partial charge in [0.1, 0.15) is 0 Å². The quantitative estimate of drug-likeness (QED) is 0.890. The Kier molecular flexibility index (Phi) is 3.09. The van der Waals surface area contributed by atoms with Crippen molar-refractivity contribution in [2.45, 2.75) is 18.9 Å². The summed E-state index contributed by atoms with van der Waals surface area (Å²) in [4.78, 5) is 15.6. The number of piperidine rings is 1. The van der Waals surface area contributed by atoms with E-state index in [2.05, 4.69) is 15.6 Å². The minimum absolute atomic E-state index is 0.129. The van der Waals surface area contributed by atoms with E-state index in [0.29, 0.717) is 18.0 Å². The number of fused-ring (bicyclic) bond motifs is 1. The highest BCUT2D eigenvalue weighted by molar-refractivity contribution is 7.22. The van der Waals surface area contributed by atoms with Gasteiger partial charge < -0.3 is 10.6 Å². The molecule has 1 atom stereocenters. The normalized spacial score (nSPS) is 19.8. The van der Waals surface area contributed by atoms with Crippen LogP contribution in [0.25, 0.3) is 10.2 Å². The second kappa shape index (κ2) is 4.74. The summed E-state index contributed by atoms with van der Waals surface area (Å²) >= 11 is 7.54. The average molecular weight is 282 g/mol. The van der Waals surface area contributed by atoms with Crippen LogP contribution in [-0.2, 0) is 4.79 Å². The van der Waals surface area contributed by atoms with Crippen LogP contribution in [0.15, 0.2) is 18.2 Å². The molecule has 4 nitrogen and oxygen atoms in total. The van der Waals surface area contributed by atoms with Gasteiger partial charge in [-0.2, -0.15) is 0 Å². The molecule has 1 aromatic heterocycles. The van der Waals surface area contributed by atoms with Crippen molar-refractivity contribution >= 4 is 44.2 Å². The molecule has 1 aliphatic heterocycles. The summed E-state index contributed by atoms with van der Waals surface area (Å²) in [5.41, 5.74) is 0.912. The zero-order valence-corrected chi connectivity index (χ0v) is 11.1. The molecule has 2 aromatic rings. The van der Waals surface area contributed by atoms with Gasteiger partial charge in [-0.3, -0.25) is 4.79 Å². The van der Waals surface area contributed by atoms with Gasteiger partial charge in [0.2, 0.25) is 5.91 Å². The van der Waals surface area contributed by atoms with Crippen LogP contribution in [0.1, 0.15) is 12.8 Å². The van der Waals surface area contributed by atoms with Crippen LogP contribution in [-0.4, -0.2) is 23.5 Å². The summed E-state index contributed by atoms with van der Waals surface area (Å²) in [5.74, 6) is 0.129. The number of amides is 1. The molecular formula is C12H12ClN3OS. The maximum atomic E-state index is 11.1. The third kappa shape index (κ3) is 2.42. The van der Waals surface area contributed by atoms with Crippen molar-refractivity contribution in [3.8, 4) is 0 Å². The number of carbonyl (C=O) groups is 1. The van der Waals surface area contributed by atoms with Crippen molar-refractivity contribution in [2.24, 2.45) is 0 Å². The van der Waals surface area contributed by atoms with Crippen LogP contribution < -0.4 is 10.6 Å². The van der Waals surface area contributed by atoms with E-state index < -0.39 is 0 Å². The van der Waals surface area contributed by atoms with Crippen molar-refractivity contribution in [1.82, 2.24) is 10.3 Å². The van der Waals surface area contributed by atoms with Crippen LogP contribution in [0.5, 0.6) is 0 Å². The summed E-state index contributed by atoms with van der Waals surface area (Å²) in [6, 6.07) is 5.97. The highest BCUT2D eigenvalue weighted by atomic mass is 35.5. The van der Waals surface area contributed by atoms with Crippen molar-refractivity contribution in [2.75, 3.05) is 11.9 Å². The Bertz CT molecular complexity index is 588. The second-order valence-electron chi connectivity index (χ2n) is 4.32. The Morgan fingerprint density at radius 1 is 1.50 bits per heavy atom. The van der Waals surface area contributed by atoms with Crippen LogP contribution in [0.4, 0.5) is 5.13 Å². The van der Waals surface area contributed by atoms with Crippen molar-refractivity contribution in [1.29, 1.82) is 0 Å². The van der Waals surface area contributed by atoms with E-state index in [1.54, 1.807) is 11.3 Å². The number of thiazole rings is 1. The lowest BCUT2D eigenvalue weighted by atomic mass is 10.1. The fourth-order valence-electron chi connectivity index (χ4n) is 1.99. The molecule has 0 bridgehead atoms. The van der Waals surface area contributed by atoms with E-state index in [-0.39, 0.29) is 11.9 Å². The topological polar surface area (TPSA) is 54.0 Å². The monoisotopic (exact) mass is 281 g/mol. The molecule has 1 unspecified atom stereocenters. The molecule has 2 N–H and O–H groups in total. The third-order valence-corrected chi connectivity index (χ3v) is 4.15. The number of nitrogens with one attached hydrogen (secondary N) is 2. The van der Waals surface area contributed by atoms with Gasteiger partial charge in [-0.15, -0.1) is 0 Å². The molecule has 94 valence electrons. The van der Waals surface area contributed by atoms with E-state index >= 15 is 0 Å². The first-order valence-electron chi connectivity index (χ1n) is 5.80. The molecule has 0 spiro atoms. The molecule has 0 saturated carbocycles. The summed E-state index contributed by atoms with van der Waals surface area (Å²) in [7, 11) is 0. The number of nitrogens with zero attached hydrogens (tertiary/aromatic N) is 1. The Hall–Kier alpha value is -1.33.